The van der Waals surface area contributed by atoms with Crippen LogP contribution in [0.1, 0.15) is 0 Å². The van der Waals surface area contributed by atoms with Gasteiger partial charge in [-0.15, -0.1) is 11.3 Å². The number of fused-ring (bicyclic) bond motifs is 6. The summed E-state index contributed by atoms with van der Waals surface area (Å²) in [6, 6.07) is 67.4. The maximum atomic E-state index is 6.39. The van der Waals surface area contributed by atoms with Gasteiger partial charge in [0.15, 0.2) is 0 Å². The zero-order chi connectivity index (χ0) is 33.7. The smallest absolute Gasteiger partial charge is 0.143 e. The van der Waals surface area contributed by atoms with E-state index >= 15 is 0 Å². The summed E-state index contributed by atoms with van der Waals surface area (Å²) in [5.41, 5.74) is 12.2. The molecule has 0 saturated heterocycles. The summed E-state index contributed by atoms with van der Waals surface area (Å²) < 4.78 is 8.99. The van der Waals surface area contributed by atoms with Gasteiger partial charge in [-0.2, -0.15) is 0 Å². The molecule has 240 valence electrons. The van der Waals surface area contributed by atoms with Crippen LogP contribution < -0.4 is 4.90 Å². The van der Waals surface area contributed by atoms with E-state index in [0.29, 0.717) is 0 Å². The molecule has 3 heteroatoms. The van der Waals surface area contributed by atoms with Crippen LogP contribution in [0.4, 0.5) is 17.1 Å². The van der Waals surface area contributed by atoms with Gasteiger partial charge < -0.3 is 9.32 Å². The Morgan fingerprint density at radius 2 is 0.882 bits per heavy atom. The van der Waals surface area contributed by atoms with Gasteiger partial charge in [-0.3, -0.25) is 0 Å². The number of furan rings is 1. The topological polar surface area (TPSA) is 16.4 Å². The molecule has 0 aliphatic heterocycles. The molecule has 0 unspecified atom stereocenters. The molecular formula is C48H31NOS. The van der Waals surface area contributed by atoms with E-state index in [1.165, 1.54) is 42.4 Å². The van der Waals surface area contributed by atoms with Gasteiger partial charge in [0.05, 0.1) is 0 Å². The summed E-state index contributed by atoms with van der Waals surface area (Å²) in [6.07, 6.45) is 0. The Labute approximate surface area is 300 Å². The summed E-state index contributed by atoms with van der Waals surface area (Å²) >= 11 is 1.85. The third-order valence-corrected chi connectivity index (χ3v) is 11.1. The van der Waals surface area contributed by atoms with Crippen LogP contribution in [-0.2, 0) is 0 Å². The standard InChI is InChI=1S/C48H31NOS/c1-2-9-32(10-3-1)33-17-19-34(20-18-33)35-21-25-37(26-22-35)49(39-29-30-47-44(31-39)42-12-5-7-16-46(42)51-47)38-27-23-36(24-28-38)40-13-8-14-43-41-11-4-6-15-45(41)50-48(40)43/h1-31H. The zero-order valence-electron chi connectivity index (χ0n) is 27.7. The van der Waals surface area contributed by atoms with Crippen LogP contribution in [0.2, 0.25) is 0 Å². The molecule has 0 aliphatic rings. The average molecular weight is 670 g/mol. The number of para-hydroxylation sites is 2. The van der Waals surface area contributed by atoms with Gasteiger partial charge in [0.2, 0.25) is 0 Å². The maximum Gasteiger partial charge on any atom is 0.143 e. The van der Waals surface area contributed by atoms with E-state index < -0.39 is 0 Å². The van der Waals surface area contributed by atoms with Gasteiger partial charge in [0.1, 0.15) is 11.2 Å². The normalized spacial score (nSPS) is 11.5. The quantitative estimate of drug-likeness (QED) is 0.175. The second-order valence-corrected chi connectivity index (χ2v) is 14.0. The molecular weight excluding hydrogens is 639 g/mol. The first-order valence-electron chi connectivity index (χ1n) is 17.2. The van der Waals surface area contributed by atoms with Crippen molar-refractivity contribution in [3.05, 3.63) is 188 Å². The van der Waals surface area contributed by atoms with Crippen molar-refractivity contribution in [3.8, 4) is 33.4 Å². The first-order chi connectivity index (χ1) is 25.3. The van der Waals surface area contributed by atoms with Crippen LogP contribution in [0.25, 0.3) is 75.5 Å². The number of rotatable bonds is 6. The molecule has 0 spiro atoms. The summed E-state index contributed by atoms with van der Waals surface area (Å²) in [4.78, 5) is 2.36. The minimum atomic E-state index is 0.912. The lowest BCUT2D eigenvalue weighted by atomic mass is 10.00. The molecule has 0 radical (unpaired) electrons. The highest BCUT2D eigenvalue weighted by Crippen LogP contribution is 2.42. The highest BCUT2D eigenvalue weighted by molar-refractivity contribution is 7.25. The SMILES string of the molecule is c1ccc(-c2ccc(-c3ccc(N(c4ccc(-c5cccc6c5oc5ccccc56)cc4)c4ccc5sc6ccccc6c5c4)cc3)cc2)cc1. The molecule has 51 heavy (non-hydrogen) atoms. The molecule has 0 atom stereocenters. The number of benzene rings is 8. The molecule has 8 aromatic carbocycles. The van der Waals surface area contributed by atoms with Gasteiger partial charge in [-0.05, 0) is 82.4 Å². The van der Waals surface area contributed by atoms with Crippen LogP contribution in [0, 0.1) is 0 Å². The van der Waals surface area contributed by atoms with E-state index in [2.05, 4.69) is 181 Å². The van der Waals surface area contributed by atoms with Gasteiger partial charge in [0, 0.05) is 53.6 Å². The zero-order valence-corrected chi connectivity index (χ0v) is 28.5. The van der Waals surface area contributed by atoms with E-state index in [0.717, 1.165) is 50.1 Å². The Kier molecular flexibility index (Phi) is 7.04. The number of hydrogen-bond donors (Lipinski definition) is 0. The van der Waals surface area contributed by atoms with Crippen molar-refractivity contribution in [3.63, 3.8) is 0 Å². The van der Waals surface area contributed by atoms with Crippen molar-refractivity contribution in [2.24, 2.45) is 0 Å². The van der Waals surface area contributed by atoms with E-state index in [9.17, 15) is 0 Å². The molecule has 0 bridgehead atoms. The fourth-order valence-electron chi connectivity index (χ4n) is 7.35. The van der Waals surface area contributed by atoms with Crippen LogP contribution in [0.5, 0.6) is 0 Å². The monoisotopic (exact) mass is 669 g/mol. The van der Waals surface area contributed by atoms with E-state index in [4.69, 9.17) is 4.42 Å². The number of thiophene rings is 1. The van der Waals surface area contributed by atoms with Crippen molar-refractivity contribution in [2.45, 2.75) is 0 Å². The molecule has 10 rings (SSSR count). The van der Waals surface area contributed by atoms with Gasteiger partial charge in [0.25, 0.3) is 0 Å². The van der Waals surface area contributed by atoms with Crippen LogP contribution >= 0.6 is 11.3 Å². The Hall–Kier alpha value is -6.42. The maximum absolute atomic E-state index is 6.39. The molecule has 2 heterocycles. The first-order valence-corrected chi connectivity index (χ1v) is 18.1. The largest absolute Gasteiger partial charge is 0.455 e. The van der Waals surface area contributed by atoms with Crippen LogP contribution in [0.15, 0.2) is 192 Å². The first kappa shape index (κ1) is 29.5. The summed E-state index contributed by atoms with van der Waals surface area (Å²) in [7, 11) is 0. The van der Waals surface area contributed by atoms with E-state index in [1.807, 2.05) is 23.5 Å². The van der Waals surface area contributed by atoms with E-state index in [1.54, 1.807) is 0 Å². The fourth-order valence-corrected chi connectivity index (χ4v) is 8.44. The highest BCUT2D eigenvalue weighted by Gasteiger charge is 2.17. The number of nitrogens with zero attached hydrogens (tertiary/aromatic N) is 1. The van der Waals surface area contributed by atoms with Gasteiger partial charge in [-0.1, -0.05) is 133 Å². The van der Waals surface area contributed by atoms with Crippen molar-refractivity contribution >= 4 is 70.5 Å². The van der Waals surface area contributed by atoms with Crippen molar-refractivity contribution < 1.29 is 4.42 Å². The second kappa shape index (κ2) is 12.2. The summed E-state index contributed by atoms with van der Waals surface area (Å²) in [5.74, 6) is 0. The number of hydrogen-bond acceptors (Lipinski definition) is 3. The molecule has 0 N–H and O–H groups in total. The Morgan fingerprint density at radius 3 is 1.61 bits per heavy atom. The van der Waals surface area contributed by atoms with Gasteiger partial charge >= 0.3 is 0 Å². The number of anilines is 3. The second-order valence-electron chi connectivity index (χ2n) is 12.9. The third kappa shape index (κ3) is 5.18. The van der Waals surface area contributed by atoms with Crippen molar-refractivity contribution in [1.82, 2.24) is 0 Å². The predicted molar refractivity (Wildman–Crippen MR) is 218 cm³/mol. The Bertz CT molecular complexity index is 2830. The molecule has 0 saturated carbocycles. The molecule has 2 nitrogen and oxygen atoms in total. The third-order valence-electron chi connectivity index (χ3n) is 9.91. The van der Waals surface area contributed by atoms with Crippen LogP contribution in [-0.4, -0.2) is 0 Å². The summed E-state index contributed by atoms with van der Waals surface area (Å²) in [5, 5.41) is 4.85. The van der Waals surface area contributed by atoms with Gasteiger partial charge in [-0.25, -0.2) is 0 Å². The molecule has 0 amide bonds. The molecule has 0 aliphatic carbocycles. The van der Waals surface area contributed by atoms with Crippen molar-refractivity contribution in [2.75, 3.05) is 4.90 Å². The molecule has 0 fully saturated rings. The van der Waals surface area contributed by atoms with Crippen LogP contribution in [0.3, 0.4) is 0 Å². The molecule has 2 aromatic heterocycles. The lowest BCUT2D eigenvalue weighted by Gasteiger charge is -2.26. The fraction of sp³-hybridized carbons (Fsp3) is 0. The Morgan fingerprint density at radius 1 is 0.353 bits per heavy atom. The minimum absolute atomic E-state index is 0.912. The predicted octanol–water partition coefficient (Wildman–Crippen LogP) is 14.4. The average Bonchev–Trinajstić information content (AvgIpc) is 3.77. The highest BCUT2D eigenvalue weighted by atomic mass is 32.1. The Balaban J connectivity index is 1.05. The van der Waals surface area contributed by atoms with E-state index in [-0.39, 0.29) is 0 Å². The lowest BCUT2D eigenvalue weighted by Crippen LogP contribution is -2.09. The summed E-state index contributed by atoms with van der Waals surface area (Å²) in [6.45, 7) is 0. The van der Waals surface area contributed by atoms with Crippen molar-refractivity contribution in [1.29, 1.82) is 0 Å². The minimum Gasteiger partial charge on any atom is -0.455 e. The lowest BCUT2D eigenvalue weighted by molar-refractivity contribution is 0.670. The molecule has 10 aromatic rings.